The lowest BCUT2D eigenvalue weighted by Gasteiger charge is -2.33. The first-order valence-corrected chi connectivity index (χ1v) is 6.86. The van der Waals surface area contributed by atoms with Crippen molar-refractivity contribution in [2.45, 2.75) is 45.3 Å². The van der Waals surface area contributed by atoms with Gasteiger partial charge in [0.15, 0.2) is 0 Å². The Kier molecular flexibility index (Phi) is 4.42. The van der Waals surface area contributed by atoms with Crippen molar-refractivity contribution in [3.05, 3.63) is 18.3 Å². The van der Waals surface area contributed by atoms with Crippen molar-refractivity contribution < 1.29 is 14.3 Å². The summed E-state index contributed by atoms with van der Waals surface area (Å²) in [5.41, 5.74) is -0.476. The van der Waals surface area contributed by atoms with Crippen LogP contribution in [0.1, 0.15) is 33.6 Å². The van der Waals surface area contributed by atoms with Gasteiger partial charge in [-0.2, -0.15) is 5.10 Å². The van der Waals surface area contributed by atoms with Crippen LogP contribution in [0, 0.1) is 0 Å². The van der Waals surface area contributed by atoms with Crippen LogP contribution in [0.15, 0.2) is 18.3 Å². The van der Waals surface area contributed by atoms with Crippen molar-refractivity contribution in [2.24, 2.45) is 0 Å². The minimum absolute atomic E-state index is 0.0621. The Hall–Kier alpha value is -1.85. The van der Waals surface area contributed by atoms with Gasteiger partial charge in [0.2, 0.25) is 5.88 Å². The SMILES string of the molecule is CC(C)(C)OC(=O)N1CCC[C@H](Oc2cccnn2)C1. The number of rotatable bonds is 2. The number of aromatic nitrogens is 2. The number of carbonyl (C=O) groups is 1. The minimum atomic E-state index is -0.476. The van der Waals surface area contributed by atoms with E-state index >= 15 is 0 Å². The zero-order valence-electron chi connectivity index (χ0n) is 12.2. The molecule has 6 nitrogen and oxygen atoms in total. The van der Waals surface area contributed by atoms with Crippen LogP contribution < -0.4 is 4.74 Å². The van der Waals surface area contributed by atoms with E-state index in [2.05, 4.69) is 10.2 Å². The zero-order valence-corrected chi connectivity index (χ0v) is 12.2. The van der Waals surface area contributed by atoms with E-state index in [0.717, 1.165) is 12.8 Å². The summed E-state index contributed by atoms with van der Waals surface area (Å²) in [6, 6.07) is 3.54. The van der Waals surface area contributed by atoms with Crippen LogP contribution in [-0.4, -0.2) is 46.0 Å². The number of nitrogens with zero attached hydrogens (tertiary/aromatic N) is 3. The van der Waals surface area contributed by atoms with E-state index in [9.17, 15) is 4.79 Å². The third-order valence-electron chi connectivity index (χ3n) is 2.87. The van der Waals surface area contributed by atoms with E-state index in [4.69, 9.17) is 9.47 Å². The van der Waals surface area contributed by atoms with Gasteiger partial charge in [0.25, 0.3) is 0 Å². The normalized spacial score (nSPS) is 19.6. The fourth-order valence-corrected chi connectivity index (χ4v) is 2.05. The lowest BCUT2D eigenvalue weighted by atomic mass is 10.1. The van der Waals surface area contributed by atoms with Crippen LogP contribution in [0.3, 0.4) is 0 Å². The fourth-order valence-electron chi connectivity index (χ4n) is 2.05. The van der Waals surface area contributed by atoms with Gasteiger partial charge in [-0.3, -0.25) is 0 Å². The van der Waals surface area contributed by atoms with Crippen LogP contribution in [0.4, 0.5) is 4.79 Å². The summed E-state index contributed by atoms with van der Waals surface area (Å²) in [4.78, 5) is 13.7. The average Bonchev–Trinajstić information content (AvgIpc) is 2.38. The van der Waals surface area contributed by atoms with Gasteiger partial charge in [0.05, 0.1) is 6.54 Å². The van der Waals surface area contributed by atoms with Gasteiger partial charge in [-0.25, -0.2) is 4.79 Å². The molecule has 2 rings (SSSR count). The smallest absolute Gasteiger partial charge is 0.410 e. The summed E-state index contributed by atoms with van der Waals surface area (Å²) < 4.78 is 11.1. The molecule has 0 spiro atoms. The topological polar surface area (TPSA) is 64.5 Å². The van der Waals surface area contributed by atoms with Gasteiger partial charge in [0.1, 0.15) is 11.7 Å². The van der Waals surface area contributed by atoms with Gasteiger partial charge in [-0.05, 0) is 39.7 Å². The van der Waals surface area contributed by atoms with Crippen molar-refractivity contribution in [1.82, 2.24) is 15.1 Å². The molecule has 20 heavy (non-hydrogen) atoms. The molecule has 1 fully saturated rings. The molecular formula is C14H21N3O3. The fraction of sp³-hybridized carbons (Fsp3) is 0.643. The Morgan fingerprint density at radius 2 is 2.25 bits per heavy atom. The molecule has 0 saturated carbocycles. The molecule has 0 aromatic carbocycles. The number of hydrogen-bond donors (Lipinski definition) is 0. The number of likely N-dealkylation sites (tertiary alicyclic amines) is 1. The second-order valence-electron chi connectivity index (χ2n) is 5.87. The predicted molar refractivity (Wildman–Crippen MR) is 73.5 cm³/mol. The second-order valence-corrected chi connectivity index (χ2v) is 5.87. The van der Waals surface area contributed by atoms with E-state index in [1.54, 1.807) is 23.2 Å². The third kappa shape index (κ3) is 4.36. The quantitative estimate of drug-likeness (QED) is 0.830. The first-order chi connectivity index (χ1) is 9.44. The maximum atomic E-state index is 12.0. The molecular weight excluding hydrogens is 258 g/mol. The maximum Gasteiger partial charge on any atom is 0.410 e. The number of hydrogen-bond acceptors (Lipinski definition) is 5. The first kappa shape index (κ1) is 14.6. The highest BCUT2D eigenvalue weighted by atomic mass is 16.6. The molecule has 0 aliphatic carbocycles. The third-order valence-corrected chi connectivity index (χ3v) is 2.87. The van der Waals surface area contributed by atoms with Crippen molar-refractivity contribution in [1.29, 1.82) is 0 Å². The summed E-state index contributed by atoms with van der Waals surface area (Å²) >= 11 is 0. The number of carbonyl (C=O) groups excluding carboxylic acids is 1. The summed E-state index contributed by atoms with van der Waals surface area (Å²) in [7, 11) is 0. The molecule has 0 N–H and O–H groups in total. The zero-order chi connectivity index (χ0) is 14.6. The maximum absolute atomic E-state index is 12.0. The summed E-state index contributed by atoms with van der Waals surface area (Å²) in [6.45, 7) is 6.81. The van der Waals surface area contributed by atoms with E-state index in [0.29, 0.717) is 19.0 Å². The highest BCUT2D eigenvalue weighted by Gasteiger charge is 2.28. The standard InChI is InChI=1S/C14H21N3O3/c1-14(2,3)20-13(18)17-9-5-6-11(10-17)19-12-7-4-8-15-16-12/h4,7-8,11H,5-6,9-10H2,1-3H3/t11-/m0/s1. The number of amides is 1. The molecule has 1 aromatic rings. The van der Waals surface area contributed by atoms with Crippen LogP contribution in [0.5, 0.6) is 5.88 Å². The summed E-state index contributed by atoms with van der Waals surface area (Å²) in [5, 5.41) is 7.67. The Bertz CT molecular complexity index is 445. The van der Waals surface area contributed by atoms with Crippen molar-refractivity contribution in [3.63, 3.8) is 0 Å². The molecule has 1 aliphatic heterocycles. The number of ether oxygens (including phenoxy) is 2. The molecule has 1 aliphatic rings. The Labute approximate surface area is 119 Å². The highest BCUT2D eigenvalue weighted by Crippen LogP contribution is 2.18. The minimum Gasteiger partial charge on any atom is -0.471 e. The predicted octanol–water partition coefficient (Wildman–Crippen LogP) is 2.25. The molecule has 0 unspecified atom stereocenters. The molecule has 0 bridgehead atoms. The largest absolute Gasteiger partial charge is 0.471 e. The first-order valence-electron chi connectivity index (χ1n) is 6.86. The van der Waals surface area contributed by atoms with Crippen LogP contribution in [-0.2, 0) is 4.74 Å². The van der Waals surface area contributed by atoms with Gasteiger partial charge in [-0.1, -0.05) is 0 Å². The average molecular weight is 279 g/mol. The number of piperidine rings is 1. The summed E-state index contributed by atoms with van der Waals surface area (Å²) in [5.74, 6) is 0.489. The van der Waals surface area contributed by atoms with Gasteiger partial charge >= 0.3 is 6.09 Å². The van der Waals surface area contributed by atoms with Gasteiger partial charge in [0, 0.05) is 18.8 Å². The van der Waals surface area contributed by atoms with Gasteiger partial charge < -0.3 is 14.4 Å². The second kappa shape index (κ2) is 6.07. The lowest BCUT2D eigenvalue weighted by molar-refractivity contribution is 0.00711. The van der Waals surface area contributed by atoms with Crippen LogP contribution >= 0.6 is 0 Å². The van der Waals surface area contributed by atoms with E-state index < -0.39 is 5.60 Å². The lowest BCUT2D eigenvalue weighted by Crippen LogP contribution is -2.46. The molecule has 2 heterocycles. The van der Waals surface area contributed by atoms with Crippen molar-refractivity contribution in [2.75, 3.05) is 13.1 Å². The van der Waals surface area contributed by atoms with Gasteiger partial charge in [-0.15, -0.1) is 5.10 Å². The van der Waals surface area contributed by atoms with Crippen LogP contribution in [0.2, 0.25) is 0 Å². The molecule has 1 amide bonds. The van der Waals surface area contributed by atoms with Crippen molar-refractivity contribution in [3.8, 4) is 5.88 Å². The molecule has 1 aromatic heterocycles. The van der Waals surface area contributed by atoms with E-state index in [1.165, 1.54) is 0 Å². The Morgan fingerprint density at radius 3 is 2.90 bits per heavy atom. The molecule has 110 valence electrons. The highest BCUT2D eigenvalue weighted by molar-refractivity contribution is 5.68. The van der Waals surface area contributed by atoms with E-state index in [1.807, 2.05) is 20.8 Å². The van der Waals surface area contributed by atoms with E-state index in [-0.39, 0.29) is 12.2 Å². The molecule has 0 radical (unpaired) electrons. The van der Waals surface area contributed by atoms with Crippen LogP contribution in [0.25, 0.3) is 0 Å². The molecule has 1 atom stereocenters. The Balaban J connectivity index is 1.90. The Morgan fingerprint density at radius 1 is 1.45 bits per heavy atom. The molecule has 6 heteroatoms. The van der Waals surface area contributed by atoms with Crippen molar-refractivity contribution >= 4 is 6.09 Å². The monoisotopic (exact) mass is 279 g/mol. The summed E-state index contributed by atoms with van der Waals surface area (Å²) in [6.07, 6.45) is 3.04. The molecule has 1 saturated heterocycles.